The Morgan fingerprint density at radius 2 is 1.78 bits per heavy atom. The number of carbonyl (C=O) groups is 2. The van der Waals surface area contributed by atoms with Gasteiger partial charge in [-0.15, -0.1) is 0 Å². The van der Waals surface area contributed by atoms with Crippen LogP contribution in [0.15, 0.2) is 47.4 Å². The molecule has 3 rings (SSSR count). The number of thioether (sulfide) groups is 1. The van der Waals surface area contributed by atoms with Crippen LogP contribution in [0.3, 0.4) is 0 Å². The highest BCUT2D eigenvalue weighted by Crippen LogP contribution is 2.32. The van der Waals surface area contributed by atoms with Gasteiger partial charge >= 0.3 is 5.97 Å². The van der Waals surface area contributed by atoms with E-state index in [1.165, 1.54) is 24.3 Å². The highest BCUT2D eigenvalue weighted by Gasteiger charge is 2.14. The number of hydrogen-bond acceptors (Lipinski definition) is 6. The topological polar surface area (TPSA) is 73.9 Å². The number of ether oxygens (including phenoxy) is 3. The van der Waals surface area contributed by atoms with Gasteiger partial charge in [-0.25, -0.2) is 4.79 Å². The van der Waals surface area contributed by atoms with E-state index in [1.54, 1.807) is 18.2 Å². The molecule has 2 aromatic rings. The van der Waals surface area contributed by atoms with Gasteiger partial charge in [0, 0.05) is 16.6 Å². The molecule has 0 spiro atoms. The van der Waals surface area contributed by atoms with E-state index in [0.29, 0.717) is 47.1 Å². The van der Waals surface area contributed by atoms with Crippen LogP contribution in [0.2, 0.25) is 0 Å². The van der Waals surface area contributed by atoms with Crippen LogP contribution in [-0.4, -0.2) is 37.5 Å². The first-order chi connectivity index (χ1) is 13.0. The third-order valence-electron chi connectivity index (χ3n) is 3.48. The van der Waals surface area contributed by atoms with Crippen molar-refractivity contribution in [3.05, 3.63) is 48.0 Å². The van der Waals surface area contributed by atoms with Crippen molar-refractivity contribution in [2.45, 2.75) is 10.7 Å². The van der Waals surface area contributed by atoms with Crippen molar-refractivity contribution in [3.63, 3.8) is 0 Å². The van der Waals surface area contributed by atoms with Crippen molar-refractivity contribution >= 4 is 29.3 Å². The number of benzene rings is 2. The molecule has 1 heterocycles. The van der Waals surface area contributed by atoms with Gasteiger partial charge in [-0.2, -0.15) is 8.78 Å². The van der Waals surface area contributed by atoms with E-state index in [0.717, 1.165) is 0 Å². The lowest BCUT2D eigenvalue weighted by Gasteiger charge is -2.19. The second kappa shape index (κ2) is 8.72. The molecule has 0 fully saturated rings. The van der Waals surface area contributed by atoms with Gasteiger partial charge in [0.25, 0.3) is 11.7 Å². The summed E-state index contributed by atoms with van der Waals surface area (Å²) in [6.45, 7) is 0.411. The normalized spacial score (nSPS) is 12.6. The van der Waals surface area contributed by atoms with Crippen molar-refractivity contribution in [1.29, 1.82) is 0 Å². The summed E-state index contributed by atoms with van der Waals surface area (Å²) in [6, 6.07) is 10.5. The first-order valence-corrected chi connectivity index (χ1v) is 8.81. The fraction of sp³-hybridized carbons (Fsp3) is 0.222. The number of amides is 1. The average molecular weight is 395 g/mol. The van der Waals surface area contributed by atoms with E-state index in [2.05, 4.69) is 5.32 Å². The quantitative estimate of drug-likeness (QED) is 0.596. The summed E-state index contributed by atoms with van der Waals surface area (Å²) in [6.07, 6.45) is 0. The Bertz CT molecular complexity index is 829. The summed E-state index contributed by atoms with van der Waals surface area (Å²) in [5.41, 5.74) is 0.648. The molecule has 9 heteroatoms. The molecule has 1 aliphatic heterocycles. The van der Waals surface area contributed by atoms with Gasteiger partial charge in [0.2, 0.25) is 0 Å². The van der Waals surface area contributed by atoms with Crippen LogP contribution in [0.5, 0.6) is 11.5 Å². The lowest BCUT2D eigenvalue weighted by Crippen LogP contribution is -2.21. The molecule has 142 valence electrons. The third kappa shape index (κ3) is 5.33. The Morgan fingerprint density at radius 1 is 1.07 bits per heavy atom. The van der Waals surface area contributed by atoms with Crippen LogP contribution in [0.1, 0.15) is 10.4 Å². The smallest absolute Gasteiger partial charge is 0.338 e. The minimum Gasteiger partial charge on any atom is -0.486 e. The molecule has 0 radical (unpaired) electrons. The molecule has 0 saturated heterocycles. The molecule has 1 aliphatic rings. The summed E-state index contributed by atoms with van der Waals surface area (Å²) in [7, 11) is 0. The average Bonchev–Trinajstić information content (AvgIpc) is 2.66. The van der Waals surface area contributed by atoms with Gasteiger partial charge in [0.1, 0.15) is 13.2 Å². The lowest BCUT2D eigenvalue weighted by atomic mass is 10.2. The van der Waals surface area contributed by atoms with Crippen LogP contribution in [-0.2, 0) is 9.53 Å². The summed E-state index contributed by atoms with van der Waals surface area (Å²) < 4.78 is 40.3. The maximum atomic E-state index is 12.3. The lowest BCUT2D eigenvalue weighted by molar-refractivity contribution is -0.119. The molecule has 0 aromatic heterocycles. The number of esters is 1. The largest absolute Gasteiger partial charge is 0.486 e. The first-order valence-electron chi connectivity index (χ1n) is 7.93. The fourth-order valence-electron chi connectivity index (χ4n) is 2.31. The zero-order chi connectivity index (χ0) is 19.2. The van der Waals surface area contributed by atoms with Gasteiger partial charge in [-0.1, -0.05) is 11.8 Å². The van der Waals surface area contributed by atoms with Crippen molar-refractivity contribution in [2.24, 2.45) is 0 Å². The molecule has 0 atom stereocenters. The maximum Gasteiger partial charge on any atom is 0.338 e. The summed E-state index contributed by atoms with van der Waals surface area (Å²) >= 11 is 0.379. The van der Waals surface area contributed by atoms with Crippen molar-refractivity contribution < 1.29 is 32.6 Å². The van der Waals surface area contributed by atoms with Crippen molar-refractivity contribution in [1.82, 2.24) is 0 Å². The second-order valence-corrected chi connectivity index (χ2v) is 6.45. The maximum absolute atomic E-state index is 12.3. The number of anilines is 1. The van der Waals surface area contributed by atoms with Crippen LogP contribution >= 0.6 is 11.8 Å². The molecular formula is C18H15F2NO5S. The molecule has 1 N–H and O–H groups in total. The molecule has 0 aliphatic carbocycles. The highest BCUT2D eigenvalue weighted by atomic mass is 32.2. The molecule has 1 amide bonds. The molecule has 0 saturated carbocycles. The molecule has 27 heavy (non-hydrogen) atoms. The van der Waals surface area contributed by atoms with Crippen LogP contribution in [0, 0.1) is 0 Å². The van der Waals surface area contributed by atoms with Gasteiger partial charge in [-0.3, -0.25) is 4.79 Å². The number of fused-ring (bicyclic) bond motifs is 1. The highest BCUT2D eigenvalue weighted by molar-refractivity contribution is 7.99. The minimum absolute atomic E-state index is 0.167. The van der Waals surface area contributed by atoms with E-state index < -0.39 is 24.2 Å². The SMILES string of the molecule is O=C(COC(=O)c1ccc(SC(F)F)cc1)Nc1ccc2c(c1)OCCO2. The minimum atomic E-state index is -2.54. The zero-order valence-corrected chi connectivity index (χ0v) is 14.8. The van der Waals surface area contributed by atoms with Crippen LogP contribution in [0.4, 0.5) is 14.5 Å². The fourth-order valence-corrected chi connectivity index (χ4v) is 2.80. The standard InChI is InChI=1S/C18H15F2NO5S/c19-18(20)27-13-4-1-11(2-5-13)17(23)26-10-16(22)21-12-3-6-14-15(9-12)25-8-7-24-14/h1-6,9,18H,7-8,10H2,(H,21,22). The van der Waals surface area contributed by atoms with Crippen molar-refractivity contribution in [2.75, 3.05) is 25.1 Å². The molecule has 0 bridgehead atoms. The van der Waals surface area contributed by atoms with Gasteiger partial charge in [-0.05, 0) is 36.4 Å². The number of carbonyl (C=O) groups excluding carboxylic acids is 2. The molecule has 6 nitrogen and oxygen atoms in total. The summed E-state index contributed by atoms with van der Waals surface area (Å²) in [5.74, 6) is -2.66. The summed E-state index contributed by atoms with van der Waals surface area (Å²) in [4.78, 5) is 24.2. The van der Waals surface area contributed by atoms with Gasteiger partial charge in [0.05, 0.1) is 5.56 Å². The summed E-state index contributed by atoms with van der Waals surface area (Å²) in [5, 5.41) is 2.59. The second-order valence-electron chi connectivity index (χ2n) is 5.39. The molecule has 2 aromatic carbocycles. The number of rotatable bonds is 6. The monoisotopic (exact) mass is 395 g/mol. The van der Waals surface area contributed by atoms with Gasteiger partial charge in [0.15, 0.2) is 18.1 Å². The van der Waals surface area contributed by atoms with Gasteiger partial charge < -0.3 is 19.5 Å². The predicted octanol–water partition coefficient (Wildman–Crippen LogP) is 3.57. The number of hydrogen-bond donors (Lipinski definition) is 1. The van der Waals surface area contributed by atoms with E-state index in [4.69, 9.17) is 14.2 Å². The Hall–Kier alpha value is -2.81. The Labute approximate surface area is 157 Å². The number of alkyl halides is 2. The van der Waals surface area contributed by atoms with Crippen LogP contribution in [0.25, 0.3) is 0 Å². The van der Waals surface area contributed by atoms with E-state index in [1.807, 2.05) is 0 Å². The van der Waals surface area contributed by atoms with E-state index in [-0.39, 0.29) is 5.56 Å². The van der Waals surface area contributed by atoms with Crippen LogP contribution < -0.4 is 14.8 Å². The molecule has 0 unspecified atom stereocenters. The third-order valence-corrected chi connectivity index (χ3v) is 4.20. The first kappa shape index (κ1) is 19.0. The Kier molecular flexibility index (Phi) is 6.12. The van der Waals surface area contributed by atoms with E-state index >= 15 is 0 Å². The number of nitrogens with one attached hydrogen (secondary N) is 1. The van der Waals surface area contributed by atoms with Crippen molar-refractivity contribution in [3.8, 4) is 11.5 Å². The Balaban J connectivity index is 1.50. The zero-order valence-electron chi connectivity index (χ0n) is 13.9. The number of halogens is 2. The predicted molar refractivity (Wildman–Crippen MR) is 94.6 cm³/mol. The Morgan fingerprint density at radius 3 is 2.48 bits per heavy atom. The molecular weight excluding hydrogens is 380 g/mol. The van der Waals surface area contributed by atoms with E-state index in [9.17, 15) is 18.4 Å².